The lowest BCUT2D eigenvalue weighted by atomic mass is 9.78. The van der Waals surface area contributed by atoms with Crippen LogP contribution in [0.25, 0.3) is 0 Å². The predicted octanol–water partition coefficient (Wildman–Crippen LogP) is 2.85. The Labute approximate surface area is 137 Å². The Morgan fingerprint density at radius 2 is 1.91 bits per heavy atom. The fourth-order valence-corrected chi connectivity index (χ4v) is 2.97. The second-order valence-corrected chi connectivity index (χ2v) is 6.36. The molecule has 23 heavy (non-hydrogen) atoms. The van der Waals surface area contributed by atoms with Crippen molar-refractivity contribution in [2.45, 2.75) is 45.8 Å². The maximum Gasteiger partial charge on any atom is 0.407 e. The van der Waals surface area contributed by atoms with E-state index in [0.29, 0.717) is 11.8 Å². The topological polar surface area (TPSA) is 67.4 Å². The fraction of sp³-hybridized carbons (Fsp3) is 0.556. The van der Waals surface area contributed by atoms with Crippen LogP contribution in [-0.4, -0.2) is 24.6 Å². The van der Waals surface area contributed by atoms with Gasteiger partial charge in [0.25, 0.3) is 0 Å². The third-order valence-corrected chi connectivity index (χ3v) is 4.66. The standard InChI is InChI=1S/C18H26N2O3/c1-13-7-6-10-16(14(13)2)20-17(21)11-19-18(22)23-12-15-8-4-3-5-9-15/h3-5,8-9,13-14,16H,6-7,10-12H2,1-2H3,(H,19,22)(H,20,21). The van der Waals surface area contributed by atoms with Gasteiger partial charge in [0, 0.05) is 6.04 Å². The molecule has 0 bridgehead atoms. The molecule has 0 spiro atoms. The molecule has 5 nitrogen and oxygen atoms in total. The Hall–Kier alpha value is -2.04. The minimum absolute atomic E-state index is 0.0504. The van der Waals surface area contributed by atoms with Crippen LogP contribution in [0.15, 0.2) is 30.3 Å². The average Bonchev–Trinajstić information content (AvgIpc) is 2.56. The highest BCUT2D eigenvalue weighted by molar-refractivity contribution is 5.82. The van der Waals surface area contributed by atoms with Crippen molar-refractivity contribution in [2.24, 2.45) is 11.8 Å². The normalized spacial score (nSPS) is 23.8. The first-order chi connectivity index (χ1) is 11.1. The minimum atomic E-state index is -0.575. The van der Waals surface area contributed by atoms with Crippen molar-refractivity contribution in [2.75, 3.05) is 6.54 Å². The fourth-order valence-electron chi connectivity index (χ4n) is 2.97. The van der Waals surface area contributed by atoms with Crippen molar-refractivity contribution >= 4 is 12.0 Å². The third-order valence-electron chi connectivity index (χ3n) is 4.66. The first-order valence-electron chi connectivity index (χ1n) is 8.30. The van der Waals surface area contributed by atoms with Crippen LogP contribution in [0.4, 0.5) is 4.79 Å². The van der Waals surface area contributed by atoms with E-state index in [2.05, 4.69) is 24.5 Å². The molecule has 3 atom stereocenters. The summed E-state index contributed by atoms with van der Waals surface area (Å²) < 4.78 is 5.08. The van der Waals surface area contributed by atoms with Crippen LogP contribution >= 0.6 is 0 Å². The van der Waals surface area contributed by atoms with Gasteiger partial charge in [-0.25, -0.2) is 4.79 Å². The molecule has 1 aromatic carbocycles. The second kappa shape index (κ2) is 8.56. The van der Waals surface area contributed by atoms with Crippen molar-refractivity contribution in [1.82, 2.24) is 10.6 Å². The Morgan fingerprint density at radius 1 is 1.17 bits per heavy atom. The zero-order valence-corrected chi connectivity index (χ0v) is 13.9. The maximum absolute atomic E-state index is 12.0. The molecule has 0 heterocycles. The van der Waals surface area contributed by atoms with Gasteiger partial charge in [0.2, 0.25) is 5.91 Å². The molecule has 1 aliphatic rings. The summed E-state index contributed by atoms with van der Waals surface area (Å²) in [5.41, 5.74) is 0.914. The molecule has 1 saturated carbocycles. The Balaban J connectivity index is 1.66. The molecule has 2 N–H and O–H groups in total. The van der Waals surface area contributed by atoms with Gasteiger partial charge in [-0.2, -0.15) is 0 Å². The van der Waals surface area contributed by atoms with E-state index in [0.717, 1.165) is 18.4 Å². The number of hydrogen-bond donors (Lipinski definition) is 2. The largest absolute Gasteiger partial charge is 0.445 e. The highest BCUT2D eigenvalue weighted by Crippen LogP contribution is 2.29. The van der Waals surface area contributed by atoms with Gasteiger partial charge in [0.1, 0.15) is 13.2 Å². The molecular weight excluding hydrogens is 292 g/mol. The van der Waals surface area contributed by atoms with Crippen LogP contribution in [0.5, 0.6) is 0 Å². The minimum Gasteiger partial charge on any atom is -0.445 e. The van der Waals surface area contributed by atoms with Crippen molar-refractivity contribution in [1.29, 1.82) is 0 Å². The van der Waals surface area contributed by atoms with Crippen LogP contribution in [-0.2, 0) is 16.1 Å². The van der Waals surface area contributed by atoms with Crippen LogP contribution < -0.4 is 10.6 Å². The second-order valence-electron chi connectivity index (χ2n) is 6.36. The van der Waals surface area contributed by atoms with E-state index >= 15 is 0 Å². The molecule has 2 amide bonds. The van der Waals surface area contributed by atoms with Crippen LogP contribution in [0.2, 0.25) is 0 Å². The van der Waals surface area contributed by atoms with Gasteiger partial charge in [0.15, 0.2) is 0 Å². The first kappa shape index (κ1) is 17.3. The molecule has 0 aromatic heterocycles. The lowest BCUT2D eigenvalue weighted by molar-refractivity contribution is -0.121. The molecule has 1 aromatic rings. The van der Waals surface area contributed by atoms with Gasteiger partial charge in [-0.05, 0) is 23.8 Å². The predicted molar refractivity (Wildman–Crippen MR) is 88.7 cm³/mol. The monoisotopic (exact) mass is 318 g/mol. The van der Waals surface area contributed by atoms with Crippen LogP contribution in [0.3, 0.4) is 0 Å². The van der Waals surface area contributed by atoms with Gasteiger partial charge in [-0.1, -0.05) is 57.0 Å². The van der Waals surface area contributed by atoms with Gasteiger partial charge in [-0.3, -0.25) is 4.79 Å². The maximum atomic E-state index is 12.0. The third kappa shape index (κ3) is 5.58. The SMILES string of the molecule is CC1CCCC(NC(=O)CNC(=O)OCc2ccccc2)C1C. The van der Waals surface area contributed by atoms with Crippen LogP contribution in [0.1, 0.15) is 38.7 Å². The van der Waals surface area contributed by atoms with Crippen LogP contribution in [0, 0.1) is 11.8 Å². The Bertz CT molecular complexity index is 518. The van der Waals surface area contributed by atoms with Crippen molar-refractivity contribution < 1.29 is 14.3 Å². The van der Waals surface area contributed by atoms with Gasteiger partial charge in [-0.15, -0.1) is 0 Å². The summed E-state index contributed by atoms with van der Waals surface area (Å²) in [4.78, 5) is 23.6. The van der Waals surface area contributed by atoms with E-state index < -0.39 is 6.09 Å². The quantitative estimate of drug-likeness (QED) is 0.877. The summed E-state index contributed by atoms with van der Waals surface area (Å²) >= 11 is 0. The number of amides is 2. The lowest BCUT2D eigenvalue weighted by Crippen LogP contribution is -2.47. The molecule has 2 rings (SSSR count). The van der Waals surface area contributed by atoms with E-state index in [4.69, 9.17) is 4.74 Å². The van der Waals surface area contributed by atoms with Gasteiger partial charge in [0.05, 0.1) is 0 Å². The number of benzene rings is 1. The Kier molecular flexibility index (Phi) is 6.44. The average molecular weight is 318 g/mol. The summed E-state index contributed by atoms with van der Waals surface area (Å²) in [5, 5.41) is 5.51. The van der Waals surface area contributed by atoms with Gasteiger partial charge >= 0.3 is 6.09 Å². The number of rotatable bonds is 5. The highest BCUT2D eigenvalue weighted by Gasteiger charge is 2.28. The lowest BCUT2D eigenvalue weighted by Gasteiger charge is -2.34. The zero-order valence-electron chi connectivity index (χ0n) is 13.9. The molecule has 1 aliphatic carbocycles. The van der Waals surface area contributed by atoms with Crippen molar-refractivity contribution in [3.05, 3.63) is 35.9 Å². The molecule has 3 unspecified atom stereocenters. The number of ether oxygens (including phenoxy) is 1. The van der Waals surface area contributed by atoms with Crippen molar-refractivity contribution in [3.8, 4) is 0 Å². The molecule has 0 aliphatic heterocycles. The number of alkyl carbamates (subject to hydrolysis) is 1. The number of hydrogen-bond acceptors (Lipinski definition) is 3. The molecular formula is C18H26N2O3. The van der Waals surface area contributed by atoms with Crippen molar-refractivity contribution in [3.63, 3.8) is 0 Å². The number of carbonyl (C=O) groups is 2. The Morgan fingerprint density at radius 3 is 2.65 bits per heavy atom. The summed E-state index contributed by atoms with van der Waals surface area (Å²) in [5.74, 6) is 0.934. The number of nitrogens with one attached hydrogen (secondary N) is 2. The van der Waals surface area contributed by atoms with E-state index in [-0.39, 0.29) is 25.1 Å². The molecule has 1 fully saturated rings. The molecule has 126 valence electrons. The molecule has 0 saturated heterocycles. The smallest absolute Gasteiger partial charge is 0.407 e. The first-order valence-corrected chi connectivity index (χ1v) is 8.30. The highest BCUT2D eigenvalue weighted by atomic mass is 16.5. The van der Waals surface area contributed by atoms with Gasteiger partial charge < -0.3 is 15.4 Å². The summed E-state index contributed by atoms with van der Waals surface area (Å²) in [6.45, 7) is 4.55. The summed E-state index contributed by atoms with van der Waals surface area (Å²) in [7, 11) is 0. The molecule has 0 radical (unpaired) electrons. The van der Waals surface area contributed by atoms with E-state index in [1.54, 1.807) is 0 Å². The van der Waals surface area contributed by atoms with E-state index in [9.17, 15) is 9.59 Å². The summed E-state index contributed by atoms with van der Waals surface area (Å²) in [6.07, 6.45) is 2.80. The van der Waals surface area contributed by atoms with E-state index in [1.165, 1.54) is 6.42 Å². The number of carbonyl (C=O) groups excluding carboxylic acids is 2. The molecule has 5 heteroatoms. The summed E-state index contributed by atoms with van der Waals surface area (Å²) in [6, 6.07) is 9.64. The van der Waals surface area contributed by atoms with E-state index in [1.807, 2.05) is 30.3 Å². The zero-order chi connectivity index (χ0) is 16.7.